The van der Waals surface area contributed by atoms with Crippen LogP contribution in [0.2, 0.25) is 10.0 Å². The average Bonchev–Trinajstić information content (AvgIpc) is 3.07. The number of hydrogen-bond acceptors (Lipinski definition) is 5. The number of carboxylic acid groups (broad SMARTS) is 1. The SMILES string of the molecule is O=C(O)CC(NC(=O)[C@@H]1CCCCN1C(=O)c1sc2ccc(Cl)cc2c1Cl)C(=O)CF. The smallest absolute Gasteiger partial charge is 0.305 e. The number of alkyl halides is 1. The van der Waals surface area contributed by atoms with Crippen molar-refractivity contribution < 1.29 is 28.7 Å². The van der Waals surface area contributed by atoms with E-state index >= 15 is 0 Å². The maximum atomic E-state index is 13.3. The molecule has 11 heteroatoms. The van der Waals surface area contributed by atoms with E-state index in [1.807, 2.05) is 0 Å². The second kappa shape index (κ2) is 9.93. The van der Waals surface area contributed by atoms with Crippen LogP contribution >= 0.6 is 34.5 Å². The van der Waals surface area contributed by atoms with Gasteiger partial charge < -0.3 is 15.3 Å². The van der Waals surface area contributed by atoms with Crippen LogP contribution in [0.25, 0.3) is 10.1 Å². The predicted octanol–water partition coefficient (Wildman–Crippen LogP) is 3.70. The molecule has 31 heavy (non-hydrogen) atoms. The fourth-order valence-electron chi connectivity index (χ4n) is 3.54. The summed E-state index contributed by atoms with van der Waals surface area (Å²) in [6.07, 6.45) is 0.928. The molecule has 1 aliphatic rings. The molecule has 166 valence electrons. The summed E-state index contributed by atoms with van der Waals surface area (Å²) in [7, 11) is 0. The van der Waals surface area contributed by atoms with E-state index in [-0.39, 0.29) is 9.90 Å². The number of aliphatic carboxylic acids is 1. The van der Waals surface area contributed by atoms with Gasteiger partial charge in [0, 0.05) is 21.7 Å². The number of thiophene rings is 1. The van der Waals surface area contributed by atoms with Gasteiger partial charge in [-0.15, -0.1) is 11.3 Å². The quantitative estimate of drug-likeness (QED) is 0.618. The Morgan fingerprint density at radius 3 is 2.68 bits per heavy atom. The number of hydrogen-bond donors (Lipinski definition) is 2. The standard InChI is InChI=1S/C20H19Cl2FN2O5S/c21-10-4-5-15-11(7-10)17(22)18(31-15)20(30)25-6-2-1-3-13(25)19(29)24-12(8-16(27)28)14(26)9-23/h4-5,7,12-13H,1-3,6,8-9H2,(H,24,29)(H,27,28)/t12?,13-/m0/s1. The molecule has 2 atom stereocenters. The largest absolute Gasteiger partial charge is 0.481 e. The van der Waals surface area contributed by atoms with Gasteiger partial charge in [0.15, 0.2) is 5.78 Å². The Labute approximate surface area is 191 Å². The van der Waals surface area contributed by atoms with Crippen LogP contribution in [-0.4, -0.2) is 58.9 Å². The van der Waals surface area contributed by atoms with Crippen molar-refractivity contribution in [2.24, 2.45) is 0 Å². The predicted molar refractivity (Wildman–Crippen MR) is 116 cm³/mol. The van der Waals surface area contributed by atoms with Gasteiger partial charge in [0.05, 0.1) is 11.4 Å². The van der Waals surface area contributed by atoms with E-state index in [4.69, 9.17) is 28.3 Å². The fraction of sp³-hybridized carbons (Fsp3) is 0.400. The van der Waals surface area contributed by atoms with Crippen molar-refractivity contribution in [3.05, 3.63) is 33.1 Å². The number of nitrogens with zero attached hydrogens (tertiary/aromatic N) is 1. The van der Waals surface area contributed by atoms with Crippen LogP contribution in [0, 0.1) is 0 Å². The van der Waals surface area contributed by atoms with Gasteiger partial charge >= 0.3 is 5.97 Å². The first kappa shape index (κ1) is 23.4. The van der Waals surface area contributed by atoms with Crippen LogP contribution in [0.5, 0.6) is 0 Å². The van der Waals surface area contributed by atoms with Crippen molar-refractivity contribution in [3.63, 3.8) is 0 Å². The molecule has 1 fully saturated rings. The lowest BCUT2D eigenvalue weighted by Gasteiger charge is -2.35. The van der Waals surface area contributed by atoms with Crippen LogP contribution in [0.1, 0.15) is 35.4 Å². The lowest BCUT2D eigenvalue weighted by atomic mass is 10.00. The summed E-state index contributed by atoms with van der Waals surface area (Å²) < 4.78 is 13.6. The summed E-state index contributed by atoms with van der Waals surface area (Å²) >= 11 is 13.6. The summed E-state index contributed by atoms with van der Waals surface area (Å²) in [5, 5.41) is 12.6. The van der Waals surface area contributed by atoms with Gasteiger partial charge in [0.2, 0.25) is 5.91 Å². The number of carbonyl (C=O) groups excluding carboxylic acids is 3. The molecule has 0 radical (unpaired) electrons. The molecule has 0 aliphatic carbocycles. The first-order valence-electron chi connectivity index (χ1n) is 9.52. The number of Topliss-reactive ketones (excluding diaryl/α,β-unsaturated/α-hetero) is 1. The highest BCUT2D eigenvalue weighted by Crippen LogP contribution is 2.38. The van der Waals surface area contributed by atoms with Gasteiger partial charge in [-0.25, -0.2) is 4.39 Å². The molecule has 7 nitrogen and oxygen atoms in total. The summed E-state index contributed by atoms with van der Waals surface area (Å²) in [6.45, 7) is -1.10. The molecule has 1 unspecified atom stereocenters. The van der Waals surface area contributed by atoms with E-state index in [2.05, 4.69) is 5.32 Å². The van der Waals surface area contributed by atoms with E-state index in [1.165, 1.54) is 16.2 Å². The van der Waals surface area contributed by atoms with Crippen molar-refractivity contribution in [2.75, 3.05) is 13.2 Å². The number of fused-ring (bicyclic) bond motifs is 1. The van der Waals surface area contributed by atoms with E-state index < -0.39 is 48.7 Å². The Hall–Kier alpha value is -2.23. The normalized spacial score (nSPS) is 17.4. The number of nitrogens with one attached hydrogen (secondary N) is 1. The molecule has 0 spiro atoms. The number of carbonyl (C=O) groups is 4. The third kappa shape index (κ3) is 5.16. The minimum atomic E-state index is -1.50. The molecule has 1 aromatic carbocycles. The molecule has 2 N–H and O–H groups in total. The summed E-state index contributed by atoms with van der Waals surface area (Å²) in [5.74, 6) is -3.51. The molecule has 2 aromatic rings. The number of rotatable bonds is 7. The van der Waals surface area contributed by atoms with Gasteiger partial charge in [-0.05, 0) is 37.5 Å². The Kier molecular flexibility index (Phi) is 7.51. The maximum Gasteiger partial charge on any atom is 0.305 e. The molecule has 1 aromatic heterocycles. The molecule has 1 aliphatic heterocycles. The van der Waals surface area contributed by atoms with E-state index in [0.29, 0.717) is 36.2 Å². The molecular weight excluding hydrogens is 470 g/mol. The monoisotopic (exact) mass is 488 g/mol. The maximum absolute atomic E-state index is 13.3. The van der Waals surface area contributed by atoms with Crippen molar-refractivity contribution in [2.45, 2.75) is 37.8 Å². The number of amides is 2. The van der Waals surface area contributed by atoms with Crippen molar-refractivity contribution in [1.82, 2.24) is 10.2 Å². The van der Waals surface area contributed by atoms with E-state index in [9.17, 15) is 23.6 Å². The summed E-state index contributed by atoms with van der Waals surface area (Å²) in [4.78, 5) is 50.4. The molecular formula is C20H19Cl2FN2O5S. The lowest BCUT2D eigenvalue weighted by molar-refractivity contribution is -0.140. The van der Waals surface area contributed by atoms with E-state index in [0.717, 1.165) is 4.70 Å². The molecule has 2 amide bonds. The fourth-order valence-corrected chi connectivity index (χ4v) is 5.15. The van der Waals surface area contributed by atoms with Crippen molar-refractivity contribution in [3.8, 4) is 0 Å². The Bertz CT molecular complexity index is 1040. The Morgan fingerprint density at radius 2 is 2.00 bits per heavy atom. The van der Waals surface area contributed by atoms with Crippen LogP contribution < -0.4 is 5.32 Å². The number of benzene rings is 1. The highest BCUT2D eigenvalue weighted by Gasteiger charge is 2.36. The summed E-state index contributed by atoms with van der Waals surface area (Å²) in [6, 6.07) is 2.68. The minimum Gasteiger partial charge on any atom is -0.481 e. The third-order valence-corrected chi connectivity index (χ3v) is 6.96. The van der Waals surface area contributed by atoms with Crippen LogP contribution in [-0.2, 0) is 14.4 Å². The molecule has 0 saturated carbocycles. The zero-order chi connectivity index (χ0) is 22.7. The van der Waals surface area contributed by atoms with Gasteiger partial charge in [-0.1, -0.05) is 23.2 Å². The highest BCUT2D eigenvalue weighted by molar-refractivity contribution is 7.21. The number of carboxylic acids is 1. The number of halogens is 3. The topological polar surface area (TPSA) is 104 Å². The number of piperidine rings is 1. The second-order valence-electron chi connectivity index (χ2n) is 7.15. The average molecular weight is 489 g/mol. The zero-order valence-corrected chi connectivity index (χ0v) is 18.5. The Morgan fingerprint density at radius 1 is 1.26 bits per heavy atom. The Balaban J connectivity index is 1.85. The number of likely N-dealkylation sites (tertiary alicyclic amines) is 1. The third-order valence-electron chi connectivity index (χ3n) is 5.07. The molecule has 2 heterocycles. The van der Waals surface area contributed by atoms with E-state index in [1.54, 1.807) is 18.2 Å². The summed E-state index contributed by atoms with van der Waals surface area (Å²) in [5.41, 5.74) is 0. The second-order valence-corrected chi connectivity index (χ2v) is 9.02. The van der Waals surface area contributed by atoms with Crippen LogP contribution in [0.15, 0.2) is 18.2 Å². The van der Waals surface area contributed by atoms with Crippen molar-refractivity contribution in [1.29, 1.82) is 0 Å². The van der Waals surface area contributed by atoms with Gasteiger partial charge in [0.1, 0.15) is 23.6 Å². The van der Waals surface area contributed by atoms with Crippen LogP contribution in [0.4, 0.5) is 4.39 Å². The molecule has 1 saturated heterocycles. The zero-order valence-electron chi connectivity index (χ0n) is 16.2. The van der Waals surface area contributed by atoms with Crippen molar-refractivity contribution >= 4 is 68.2 Å². The van der Waals surface area contributed by atoms with Gasteiger partial charge in [-0.2, -0.15) is 0 Å². The first-order chi connectivity index (χ1) is 14.7. The molecule has 0 bridgehead atoms. The van der Waals surface area contributed by atoms with Crippen LogP contribution in [0.3, 0.4) is 0 Å². The number of ketones is 1. The van der Waals surface area contributed by atoms with Gasteiger partial charge in [-0.3, -0.25) is 19.2 Å². The van der Waals surface area contributed by atoms with Gasteiger partial charge in [0.25, 0.3) is 5.91 Å². The molecule has 3 rings (SSSR count). The lowest BCUT2D eigenvalue weighted by Crippen LogP contribution is -2.55. The highest BCUT2D eigenvalue weighted by atomic mass is 35.5. The minimum absolute atomic E-state index is 0.244. The first-order valence-corrected chi connectivity index (χ1v) is 11.1.